The average molecular weight is 689 g/mol. The maximum Gasteiger partial charge on any atom is 0.169 e. The Morgan fingerprint density at radius 2 is 0.500 bits per heavy atom. The maximum absolute atomic E-state index is 15.3. The normalized spacial score (nSPS) is 11.3. The molecule has 0 N–H and O–H groups in total. The van der Waals surface area contributed by atoms with Crippen LogP contribution in [0.15, 0.2) is 170 Å². The molecule has 0 atom stereocenters. The summed E-state index contributed by atoms with van der Waals surface area (Å²) in [6.45, 7) is 0. The molecule has 7 aromatic rings. The van der Waals surface area contributed by atoms with Gasteiger partial charge in [0.25, 0.3) is 0 Å². The SMILES string of the molecule is Fc1c(F)c(/C=C/c2ccc(N(c3ccccc3)c3ccccc3)cc2)c(F)c(F)c1/C=C/c1ccc(N(c2ccccc2)c2ccccc2)cc1. The topological polar surface area (TPSA) is 6.48 Å². The van der Waals surface area contributed by atoms with E-state index >= 15 is 17.6 Å². The third kappa shape index (κ3) is 7.28. The predicted octanol–water partition coefficient (Wildman–Crippen LogP) is 13.5. The molecule has 0 saturated carbocycles. The first-order valence-corrected chi connectivity index (χ1v) is 16.7. The summed E-state index contributed by atoms with van der Waals surface area (Å²) in [5.74, 6) is -5.88. The zero-order chi connectivity index (χ0) is 35.9. The Bertz CT molecular complexity index is 2030. The van der Waals surface area contributed by atoms with E-state index in [1.54, 1.807) is 24.3 Å². The molecule has 0 aliphatic carbocycles. The fraction of sp³-hybridized carbons (Fsp3) is 0. The van der Waals surface area contributed by atoms with E-state index < -0.39 is 34.4 Å². The highest BCUT2D eigenvalue weighted by Crippen LogP contribution is 2.36. The standard InChI is InChI=1S/C46H32F4N2/c47-43-41(31-25-33-21-27-39(28-22-33)51(35-13-5-1-6-14-35)36-15-7-2-8-16-36)44(48)46(50)42(45(43)49)32-26-34-23-29-40(30-24-34)52(37-17-9-3-10-18-37)38-19-11-4-12-20-38/h1-32H/b31-25+,32-26+. The van der Waals surface area contributed by atoms with Crippen LogP contribution in [0.3, 0.4) is 0 Å². The van der Waals surface area contributed by atoms with Gasteiger partial charge in [0.05, 0.1) is 11.1 Å². The van der Waals surface area contributed by atoms with Gasteiger partial charge in [-0.1, -0.05) is 109 Å². The first-order valence-electron chi connectivity index (χ1n) is 16.7. The van der Waals surface area contributed by atoms with Gasteiger partial charge >= 0.3 is 0 Å². The lowest BCUT2D eigenvalue weighted by Gasteiger charge is -2.25. The molecule has 0 aliphatic heterocycles. The Balaban J connectivity index is 1.11. The molecule has 0 aromatic heterocycles. The summed E-state index contributed by atoms with van der Waals surface area (Å²) in [7, 11) is 0. The van der Waals surface area contributed by atoms with Crippen molar-refractivity contribution in [1.29, 1.82) is 0 Å². The van der Waals surface area contributed by atoms with E-state index in [1.165, 1.54) is 12.2 Å². The Kier molecular flexibility index (Phi) is 10.1. The van der Waals surface area contributed by atoms with E-state index in [1.807, 2.05) is 146 Å². The maximum atomic E-state index is 15.3. The minimum atomic E-state index is -1.47. The van der Waals surface area contributed by atoms with Gasteiger partial charge in [-0.3, -0.25) is 0 Å². The van der Waals surface area contributed by atoms with Gasteiger partial charge in [-0.15, -0.1) is 0 Å². The third-order valence-corrected chi connectivity index (χ3v) is 8.58. The molecule has 7 rings (SSSR count). The summed E-state index contributed by atoms with van der Waals surface area (Å²) in [6, 6.07) is 53.9. The van der Waals surface area contributed by atoms with Crippen LogP contribution in [0, 0.1) is 23.3 Å². The highest BCUT2D eigenvalue weighted by molar-refractivity contribution is 5.80. The quantitative estimate of drug-likeness (QED) is 0.0802. The third-order valence-electron chi connectivity index (χ3n) is 8.58. The second kappa shape index (κ2) is 15.5. The van der Waals surface area contributed by atoms with Gasteiger partial charge in [0.2, 0.25) is 0 Å². The Hall–Kier alpha value is -6.66. The van der Waals surface area contributed by atoms with Crippen molar-refractivity contribution in [1.82, 2.24) is 0 Å². The van der Waals surface area contributed by atoms with Crippen molar-refractivity contribution < 1.29 is 17.6 Å². The summed E-state index contributed by atoms with van der Waals surface area (Å²) < 4.78 is 61.0. The molecule has 2 nitrogen and oxygen atoms in total. The van der Waals surface area contributed by atoms with Crippen LogP contribution in [0.2, 0.25) is 0 Å². The Morgan fingerprint density at radius 1 is 0.269 bits per heavy atom. The van der Waals surface area contributed by atoms with Gasteiger partial charge in [0.1, 0.15) is 0 Å². The van der Waals surface area contributed by atoms with Gasteiger partial charge in [0.15, 0.2) is 23.3 Å². The number of halogens is 4. The minimum absolute atomic E-state index is 0.593. The smallest absolute Gasteiger partial charge is 0.169 e. The fourth-order valence-corrected chi connectivity index (χ4v) is 5.99. The average Bonchev–Trinajstić information content (AvgIpc) is 3.20. The molecule has 0 fully saturated rings. The van der Waals surface area contributed by atoms with Gasteiger partial charge in [-0.25, -0.2) is 17.6 Å². The number of para-hydroxylation sites is 4. The molecule has 0 amide bonds. The number of rotatable bonds is 10. The summed E-state index contributed by atoms with van der Waals surface area (Å²) in [5.41, 5.74) is 5.14. The minimum Gasteiger partial charge on any atom is -0.311 e. The van der Waals surface area contributed by atoms with Crippen LogP contribution in [-0.2, 0) is 0 Å². The lowest BCUT2D eigenvalue weighted by atomic mass is 10.0. The Morgan fingerprint density at radius 3 is 0.750 bits per heavy atom. The molecule has 0 aliphatic rings. The lowest BCUT2D eigenvalue weighted by molar-refractivity contribution is 0.448. The monoisotopic (exact) mass is 688 g/mol. The van der Waals surface area contributed by atoms with Crippen molar-refractivity contribution in [2.75, 3.05) is 9.80 Å². The summed E-state index contributed by atoms with van der Waals surface area (Å²) >= 11 is 0. The van der Waals surface area contributed by atoms with Gasteiger partial charge in [0, 0.05) is 34.1 Å². The van der Waals surface area contributed by atoms with E-state index in [0.29, 0.717) is 11.1 Å². The number of hydrogen-bond donors (Lipinski definition) is 0. The Labute approximate surface area is 300 Å². The second-order valence-electron chi connectivity index (χ2n) is 11.9. The van der Waals surface area contributed by atoms with Gasteiger partial charge in [-0.05, 0) is 96.1 Å². The molecule has 52 heavy (non-hydrogen) atoms. The summed E-state index contributed by atoms with van der Waals surface area (Å²) in [5, 5.41) is 0. The van der Waals surface area contributed by atoms with Crippen LogP contribution in [0.25, 0.3) is 24.3 Å². The first-order chi connectivity index (χ1) is 25.5. The molecule has 0 saturated heterocycles. The van der Waals surface area contributed by atoms with Crippen LogP contribution >= 0.6 is 0 Å². The van der Waals surface area contributed by atoms with Crippen molar-refractivity contribution >= 4 is 58.4 Å². The van der Waals surface area contributed by atoms with Gasteiger partial charge in [-0.2, -0.15) is 0 Å². The van der Waals surface area contributed by atoms with Crippen LogP contribution in [0.1, 0.15) is 22.3 Å². The molecule has 254 valence electrons. The molecule has 0 bridgehead atoms. The highest BCUT2D eigenvalue weighted by atomic mass is 19.2. The summed E-state index contributed by atoms with van der Waals surface area (Å²) in [6.07, 6.45) is 4.94. The van der Waals surface area contributed by atoms with Crippen molar-refractivity contribution in [3.8, 4) is 0 Å². The van der Waals surface area contributed by atoms with Crippen molar-refractivity contribution in [3.63, 3.8) is 0 Å². The fourth-order valence-electron chi connectivity index (χ4n) is 5.99. The van der Waals surface area contributed by atoms with E-state index in [4.69, 9.17) is 0 Å². The van der Waals surface area contributed by atoms with E-state index in [2.05, 4.69) is 9.80 Å². The zero-order valence-electron chi connectivity index (χ0n) is 27.9. The number of benzene rings is 7. The number of nitrogens with zero attached hydrogens (tertiary/aromatic N) is 2. The molecule has 0 unspecified atom stereocenters. The summed E-state index contributed by atoms with van der Waals surface area (Å²) in [4.78, 5) is 4.14. The lowest BCUT2D eigenvalue weighted by Crippen LogP contribution is -2.09. The highest BCUT2D eigenvalue weighted by Gasteiger charge is 2.23. The predicted molar refractivity (Wildman–Crippen MR) is 206 cm³/mol. The zero-order valence-corrected chi connectivity index (χ0v) is 27.9. The van der Waals surface area contributed by atoms with Crippen molar-refractivity contribution in [3.05, 3.63) is 215 Å². The molecule has 0 heterocycles. The second-order valence-corrected chi connectivity index (χ2v) is 11.9. The van der Waals surface area contributed by atoms with Crippen LogP contribution in [0.4, 0.5) is 51.7 Å². The number of anilines is 6. The molecular formula is C46H32F4N2. The molecule has 7 aromatic carbocycles. The molecule has 0 radical (unpaired) electrons. The van der Waals surface area contributed by atoms with Crippen LogP contribution < -0.4 is 9.80 Å². The van der Waals surface area contributed by atoms with Crippen LogP contribution in [0.5, 0.6) is 0 Å². The first kappa shape index (κ1) is 33.8. The number of hydrogen-bond acceptors (Lipinski definition) is 2. The molecule has 6 heteroatoms. The van der Waals surface area contributed by atoms with E-state index in [0.717, 1.165) is 46.3 Å². The van der Waals surface area contributed by atoms with E-state index in [-0.39, 0.29) is 0 Å². The molecular weight excluding hydrogens is 657 g/mol. The van der Waals surface area contributed by atoms with Crippen molar-refractivity contribution in [2.45, 2.75) is 0 Å². The largest absolute Gasteiger partial charge is 0.311 e. The van der Waals surface area contributed by atoms with Crippen molar-refractivity contribution in [2.24, 2.45) is 0 Å². The van der Waals surface area contributed by atoms with Gasteiger partial charge < -0.3 is 9.80 Å². The molecule has 0 spiro atoms. The van der Waals surface area contributed by atoms with Crippen LogP contribution in [-0.4, -0.2) is 0 Å². The van der Waals surface area contributed by atoms with E-state index in [9.17, 15) is 0 Å².